The summed E-state index contributed by atoms with van der Waals surface area (Å²) in [6, 6.07) is 3.96. The molecule has 1 saturated heterocycles. The van der Waals surface area contributed by atoms with E-state index in [-0.39, 0.29) is 0 Å². The largest absolute Gasteiger partial charge is 0.453 e. The summed E-state index contributed by atoms with van der Waals surface area (Å²) in [6.07, 6.45) is 2.34. The van der Waals surface area contributed by atoms with Gasteiger partial charge < -0.3 is 4.42 Å². The number of H-pyrrole nitrogens is 1. The van der Waals surface area contributed by atoms with Crippen molar-refractivity contribution in [3.05, 3.63) is 34.2 Å². The highest BCUT2D eigenvalue weighted by Gasteiger charge is 2.24. The molecule has 102 valence electrons. The maximum Gasteiger partial charge on any atom is 0.169 e. The Morgan fingerprint density at radius 3 is 3.11 bits per heavy atom. The molecule has 3 rings (SSSR count). The highest BCUT2D eigenvalue weighted by atomic mass is 79.9. The van der Waals surface area contributed by atoms with Crippen molar-refractivity contribution in [2.75, 3.05) is 13.1 Å². The maximum absolute atomic E-state index is 5.57. The number of hydrogen-bond donors (Lipinski definition) is 1. The van der Waals surface area contributed by atoms with Gasteiger partial charge in [0.05, 0.1) is 6.54 Å². The third-order valence-electron chi connectivity index (χ3n) is 3.49. The van der Waals surface area contributed by atoms with Crippen LogP contribution in [0.2, 0.25) is 0 Å². The molecule has 0 radical (unpaired) electrons. The average Bonchev–Trinajstić information content (AvgIpc) is 2.99. The number of likely N-dealkylation sites (tertiary alicyclic amines) is 1. The summed E-state index contributed by atoms with van der Waals surface area (Å²) in [4.78, 5) is 6.86. The first-order chi connectivity index (χ1) is 9.20. The molecule has 3 heterocycles. The molecule has 0 amide bonds. The van der Waals surface area contributed by atoms with Crippen molar-refractivity contribution in [2.24, 2.45) is 0 Å². The average molecular weight is 325 g/mol. The molecule has 0 aromatic carbocycles. The van der Waals surface area contributed by atoms with Crippen LogP contribution in [-0.4, -0.2) is 33.2 Å². The molecule has 1 fully saturated rings. The molecular weight excluding hydrogens is 308 g/mol. The number of nitrogens with one attached hydrogen (secondary N) is 1. The van der Waals surface area contributed by atoms with Crippen molar-refractivity contribution in [3.8, 4) is 0 Å². The highest BCUT2D eigenvalue weighted by Crippen LogP contribution is 2.26. The minimum Gasteiger partial charge on any atom is -0.453 e. The molecule has 19 heavy (non-hydrogen) atoms. The van der Waals surface area contributed by atoms with Gasteiger partial charge in [0.15, 0.2) is 10.5 Å². The van der Waals surface area contributed by atoms with Gasteiger partial charge in [0, 0.05) is 12.5 Å². The van der Waals surface area contributed by atoms with Gasteiger partial charge in [0.1, 0.15) is 11.6 Å². The van der Waals surface area contributed by atoms with Crippen LogP contribution >= 0.6 is 15.9 Å². The van der Waals surface area contributed by atoms with E-state index in [1.165, 1.54) is 6.42 Å². The van der Waals surface area contributed by atoms with Crippen LogP contribution in [0.15, 0.2) is 21.2 Å². The van der Waals surface area contributed by atoms with Crippen LogP contribution in [0.4, 0.5) is 0 Å². The van der Waals surface area contributed by atoms with Crippen molar-refractivity contribution < 1.29 is 4.42 Å². The number of piperidine rings is 1. The van der Waals surface area contributed by atoms with Gasteiger partial charge in [-0.3, -0.25) is 10.00 Å². The van der Waals surface area contributed by atoms with E-state index < -0.39 is 0 Å². The van der Waals surface area contributed by atoms with Crippen molar-refractivity contribution in [2.45, 2.75) is 32.2 Å². The fraction of sp³-hybridized carbons (Fsp3) is 0.538. The van der Waals surface area contributed by atoms with Crippen LogP contribution in [0.1, 0.15) is 36.2 Å². The van der Waals surface area contributed by atoms with Crippen molar-refractivity contribution >= 4 is 15.9 Å². The molecule has 0 bridgehead atoms. The predicted molar refractivity (Wildman–Crippen MR) is 74.8 cm³/mol. The zero-order valence-electron chi connectivity index (χ0n) is 10.9. The first-order valence-corrected chi connectivity index (χ1v) is 7.35. The first-order valence-electron chi connectivity index (χ1n) is 6.56. The Morgan fingerprint density at radius 2 is 2.42 bits per heavy atom. The summed E-state index contributed by atoms with van der Waals surface area (Å²) in [6.45, 7) is 4.90. The van der Waals surface area contributed by atoms with Crippen LogP contribution in [0, 0.1) is 6.92 Å². The van der Waals surface area contributed by atoms with E-state index in [1.807, 2.05) is 19.1 Å². The van der Waals surface area contributed by atoms with E-state index in [0.717, 1.165) is 48.1 Å². The second-order valence-electron chi connectivity index (χ2n) is 5.06. The lowest BCUT2D eigenvalue weighted by molar-refractivity contribution is 0.183. The second-order valence-corrected chi connectivity index (χ2v) is 5.84. The smallest absolute Gasteiger partial charge is 0.169 e. The zero-order valence-corrected chi connectivity index (χ0v) is 12.5. The van der Waals surface area contributed by atoms with Gasteiger partial charge in [-0.25, -0.2) is 4.98 Å². The molecule has 1 N–H and O–H groups in total. The highest BCUT2D eigenvalue weighted by molar-refractivity contribution is 9.10. The number of halogens is 1. The van der Waals surface area contributed by atoms with Gasteiger partial charge in [-0.15, -0.1) is 0 Å². The van der Waals surface area contributed by atoms with E-state index >= 15 is 0 Å². The molecule has 0 spiro atoms. The summed E-state index contributed by atoms with van der Waals surface area (Å²) in [5.74, 6) is 3.26. The van der Waals surface area contributed by atoms with Gasteiger partial charge in [-0.05, 0) is 54.4 Å². The number of aromatic nitrogens is 3. The third kappa shape index (κ3) is 3.06. The lowest BCUT2D eigenvalue weighted by Crippen LogP contribution is -2.34. The Labute approximate surface area is 120 Å². The lowest BCUT2D eigenvalue weighted by atomic mass is 9.97. The van der Waals surface area contributed by atoms with Gasteiger partial charge in [-0.2, -0.15) is 5.10 Å². The fourth-order valence-electron chi connectivity index (χ4n) is 2.61. The zero-order chi connectivity index (χ0) is 13.2. The minimum atomic E-state index is 0.428. The Balaban J connectivity index is 1.64. The number of aryl methyl sites for hydroxylation is 1. The number of rotatable bonds is 3. The number of aromatic amines is 1. The van der Waals surface area contributed by atoms with Crippen LogP contribution in [-0.2, 0) is 6.54 Å². The predicted octanol–water partition coefficient (Wildman–Crippen LogP) is 2.85. The second kappa shape index (κ2) is 5.46. The van der Waals surface area contributed by atoms with E-state index in [0.29, 0.717) is 5.92 Å². The molecule has 0 aliphatic carbocycles. The van der Waals surface area contributed by atoms with Crippen LogP contribution in [0.3, 0.4) is 0 Å². The molecule has 5 nitrogen and oxygen atoms in total. The van der Waals surface area contributed by atoms with E-state index in [9.17, 15) is 0 Å². The molecule has 2 aromatic rings. The van der Waals surface area contributed by atoms with Crippen LogP contribution < -0.4 is 0 Å². The van der Waals surface area contributed by atoms with Crippen molar-refractivity contribution in [1.82, 2.24) is 20.1 Å². The monoisotopic (exact) mass is 324 g/mol. The fourth-order valence-corrected chi connectivity index (χ4v) is 2.95. The molecule has 1 aliphatic heterocycles. The summed E-state index contributed by atoms with van der Waals surface area (Å²) in [5.41, 5.74) is 0. The van der Waals surface area contributed by atoms with E-state index in [1.54, 1.807) is 0 Å². The molecule has 1 aliphatic rings. The van der Waals surface area contributed by atoms with Crippen LogP contribution in [0.5, 0.6) is 0 Å². The first kappa shape index (κ1) is 12.9. The SMILES string of the molecule is Cc1nc([C@H]2CCCN(Cc3ccc(Br)o3)C2)n[nH]1. The summed E-state index contributed by atoms with van der Waals surface area (Å²) >= 11 is 3.34. The van der Waals surface area contributed by atoms with Gasteiger partial charge in [0.2, 0.25) is 0 Å². The summed E-state index contributed by atoms with van der Waals surface area (Å²) in [7, 11) is 0. The summed E-state index contributed by atoms with van der Waals surface area (Å²) in [5, 5.41) is 7.22. The Bertz CT molecular complexity index is 550. The van der Waals surface area contributed by atoms with Crippen LogP contribution in [0.25, 0.3) is 0 Å². The topological polar surface area (TPSA) is 58.0 Å². The minimum absolute atomic E-state index is 0.428. The summed E-state index contributed by atoms with van der Waals surface area (Å²) < 4.78 is 6.36. The lowest BCUT2D eigenvalue weighted by Gasteiger charge is -2.30. The number of hydrogen-bond acceptors (Lipinski definition) is 4. The van der Waals surface area contributed by atoms with Crippen molar-refractivity contribution in [1.29, 1.82) is 0 Å². The maximum atomic E-state index is 5.57. The molecule has 6 heteroatoms. The normalized spacial score (nSPS) is 20.8. The molecular formula is C13H17BrN4O. The van der Waals surface area contributed by atoms with Gasteiger partial charge in [-0.1, -0.05) is 0 Å². The Hall–Kier alpha value is -1.14. The number of furan rings is 1. The van der Waals surface area contributed by atoms with Gasteiger partial charge in [0.25, 0.3) is 0 Å². The van der Waals surface area contributed by atoms with Gasteiger partial charge >= 0.3 is 0 Å². The van der Waals surface area contributed by atoms with E-state index in [2.05, 4.69) is 36.0 Å². The van der Waals surface area contributed by atoms with Crippen molar-refractivity contribution in [3.63, 3.8) is 0 Å². The quantitative estimate of drug-likeness (QED) is 0.943. The standard InChI is InChI=1S/C13H17BrN4O/c1-9-15-13(17-16-9)10-3-2-6-18(7-10)8-11-4-5-12(14)19-11/h4-5,10H,2-3,6-8H2,1H3,(H,15,16,17)/t10-/m0/s1. The third-order valence-corrected chi connectivity index (χ3v) is 3.92. The molecule has 0 unspecified atom stereocenters. The Morgan fingerprint density at radius 1 is 1.53 bits per heavy atom. The molecule has 2 aromatic heterocycles. The molecule has 0 saturated carbocycles. The van der Waals surface area contributed by atoms with E-state index in [4.69, 9.17) is 4.42 Å². The number of nitrogens with zero attached hydrogens (tertiary/aromatic N) is 3. The molecule has 1 atom stereocenters. The Kier molecular flexibility index (Phi) is 3.70.